The third-order valence-corrected chi connectivity index (χ3v) is 3.67. The van der Waals surface area contributed by atoms with Crippen LogP contribution in [-0.4, -0.2) is 27.7 Å². The number of aliphatic hydroxyl groups excluding tert-OH is 1. The summed E-state index contributed by atoms with van der Waals surface area (Å²) in [5, 5.41) is 13.6. The molecule has 0 aliphatic rings. The second-order valence-corrected chi connectivity index (χ2v) is 5.31. The molecule has 0 saturated heterocycles. The monoisotopic (exact) mass is 271 g/mol. The minimum atomic E-state index is -0.428. The molecule has 2 N–H and O–H groups in total. The van der Waals surface area contributed by atoms with E-state index in [9.17, 15) is 5.11 Å². The van der Waals surface area contributed by atoms with Gasteiger partial charge in [0.1, 0.15) is 10.6 Å². The summed E-state index contributed by atoms with van der Waals surface area (Å²) in [7, 11) is 0. The maximum atomic E-state index is 9.27. The minimum absolute atomic E-state index is 0.232. The van der Waals surface area contributed by atoms with Crippen molar-refractivity contribution in [2.75, 3.05) is 11.9 Å². The van der Waals surface area contributed by atoms with E-state index in [1.807, 2.05) is 0 Å². The maximum absolute atomic E-state index is 9.27. The number of anilines is 1. The molecule has 92 valence electrons. The predicted octanol–water partition coefficient (Wildman–Crippen LogP) is 2.70. The number of thiophene rings is 1. The van der Waals surface area contributed by atoms with E-state index in [0.717, 1.165) is 16.6 Å². The Morgan fingerprint density at radius 3 is 2.94 bits per heavy atom. The lowest BCUT2D eigenvalue weighted by molar-refractivity contribution is 0.208. The molecule has 2 aromatic heterocycles. The van der Waals surface area contributed by atoms with E-state index in [1.54, 1.807) is 18.3 Å². The largest absolute Gasteiger partial charge is 0.392 e. The van der Waals surface area contributed by atoms with E-state index in [-0.39, 0.29) is 5.28 Å². The van der Waals surface area contributed by atoms with E-state index in [4.69, 9.17) is 11.6 Å². The molecule has 17 heavy (non-hydrogen) atoms. The number of halogens is 1. The molecule has 0 radical (unpaired) electrons. The highest BCUT2D eigenvalue weighted by Crippen LogP contribution is 2.30. The van der Waals surface area contributed by atoms with Crippen molar-refractivity contribution in [1.29, 1.82) is 0 Å². The summed E-state index contributed by atoms with van der Waals surface area (Å²) in [5.41, 5.74) is 0. The Balaban J connectivity index is 2.41. The van der Waals surface area contributed by atoms with Crippen molar-refractivity contribution in [1.82, 2.24) is 9.97 Å². The van der Waals surface area contributed by atoms with Crippen LogP contribution in [-0.2, 0) is 6.42 Å². The molecule has 2 heterocycles. The van der Waals surface area contributed by atoms with Gasteiger partial charge in [-0.25, -0.2) is 9.97 Å². The first-order valence-corrected chi connectivity index (χ1v) is 6.67. The summed E-state index contributed by atoms with van der Waals surface area (Å²) < 4.78 is 0. The van der Waals surface area contributed by atoms with Crippen molar-refractivity contribution >= 4 is 39.0 Å². The number of hydrogen-bond acceptors (Lipinski definition) is 5. The van der Waals surface area contributed by atoms with Crippen molar-refractivity contribution in [3.8, 4) is 0 Å². The van der Waals surface area contributed by atoms with Crippen LogP contribution < -0.4 is 5.32 Å². The van der Waals surface area contributed by atoms with E-state index < -0.39 is 6.10 Å². The van der Waals surface area contributed by atoms with Crippen LogP contribution in [0.2, 0.25) is 5.28 Å². The molecule has 0 aliphatic heterocycles. The van der Waals surface area contributed by atoms with Crippen molar-refractivity contribution in [2.24, 2.45) is 0 Å². The number of nitrogens with zero attached hydrogens (tertiary/aromatic N) is 2. The molecule has 0 aliphatic carbocycles. The molecule has 4 nitrogen and oxygen atoms in total. The van der Waals surface area contributed by atoms with Crippen LogP contribution in [0.4, 0.5) is 5.82 Å². The average Bonchev–Trinajstić information content (AvgIpc) is 2.68. The maximum Gasteiger partial charge on any atom is 0.225 e. The highest BCUT2D eigenvalue weighted by molar-refractivity contribution is 7.18. The van der Waals surface area contributed by atoms with E-state index in [2.05, 4.69) is 28.3 Å². The Kier molecular flexibility index (Phi) is 3.81. The van der Waals surface area contributed by atoms with Crippen LogP contribution in [0.5, 0.6) is 0 Å². The van der Waals surface area contributed by atoms with Crippen molar-refractivity contribution < 1.29 is 5.11 Å². The lowest BCUT2D eigenvalue weighted by Crippen LogP contribution is -2.16. The Morgan fingerprint density at radius 2 is 2.29 bits per heavy atom. The fourth-order valence-corrected chi connectivity index (χ4v) is 2.68. The van der Waals surface area contributed by atoms with Gasteiger partial charge in [-0.1, -0.05) is 6.92 Å². The molecule has 2 aromatic rings. The molecule has 6 heteroatoms. The molecule has 2 rings (SSSR count). The summed E-state index contributed by atoms with van der Waals surface area (Å²) in [4.78, 5) is 10.5. The first-order chi connectivity index (χ1) is 8.10. The van der Waals surface area contributed by atoms with Crippen LogP contribution in [0.15, 0.2) is 6.07 Å². The number of hydrogen-bond donors (Lipinski definition) is 2. The first-order valence-electron chi connectivity index (χ1n) is 5.48. The van der Waals surface area contributed by atoms with Crippen LogP contribution in [0.1, 0.15) is 18.7 Å². The Hall–Kier alpha value is -0.910. The number of fused-ring (bicyclic) bond motifs is 1. The number of rotatable bonds is 4. The third-order valence-electron chi connectivity index (χ3n) is 2.33. The summed E-state index contributed by atoms with van der Waals surface area (Å²) in [6, 6.07) is 2.07. The second-order valence-electron chi connectivity index (χ2n) is 3.86. The number of aryl methyl sites for hydroxylation is 1. The van der Waals surface area contributed by atoms with Gasteiger partial charge >= 0.3 is 0 Å². The van der Waals surface area contributed by atoms with Crippen LogP contribution in [0.25, 0.3) is 10.2 Å². The molecule has 0 spiro atoms. The highest BCUT2D eigenvalue weighted by atomic mass is 35.5. The van der Waals surface area contributed by atoms with Gasteiger partial charge in [0.05, 0.1) is 11.5 Å². The summed E-state index contributed by atoms with van der Waals surface area (Å²) in [5.74, 6) is 0.692. The lowest BCUT2D eigenvalue weighted by Gasteiger charge is -2.08. The van der Waals surface area contributed by atoms with Gasteiger partial charge < -0.3 is 10.4 Å². The van der Waals surface area contributed by atoms with E-state index >= 15 is 0 Å². The fraction of sp³-hybridized carbons (Fsp3) is 0.455. The molecule has 0 bridgehead atoms. The topological polar surface area (TPSA) is 58.0 Å². The van der Waals surface area contributed by atoms with Crippen LogP contribution in [0, 0.1) is 0 Å². The van der Waals surface area contributed by atoms with Gasteiger partial charge in [0, 0.05) is 11.4 Å². The zero-order valence-corrected chi connectivity index (χ0v) is 11.3. The van der Waals surface area contributed by atoms with Crippen molar-refractivity contribution in [3.05, 3.63) is 16.2 Å². The van der Waals surface area contributed by atoms with Gasteiger partial charge in [0.2, 0.25) is 5.28 Å². The van der Waals surface area contributed by atoms with Gasteiger partial charge in [0.25, 0.3) is 0 Å². The number of nitrogens with one attached hydrogen (secondary N) is 1. The highest BCUT2D eigenvalue weighted by Gasteiger charge is 2.10. The third kappa shape index (κ3) is 2.86. The molecule has 1 unspecified atom stereocenters. The molecular formula is C11H14ClN3OS. The summed E-state index contributed by atoms with van der Waals surface area (Å²) in [6.45, 7) is 4.26. The number of aromatic nitrogens is 2. The number of aliphatic hydroxyl groups is 1. The van der Waals surface area contributed by atoms with Gasteiger partial charge in [-0.3, -0.25) is 0 Å². The average molecular weight is 272 g/mol. The fourth-order valence-electron chi connectivity index (χ4n) is 1.50. The van der Waals surface area contributed by atoms with Crippen LogP contribution in [0.3, 0.4) is 0 Å². The van der Waals surface area contributed by atoms with Gasteiger partial charge in [-0.05, 0) is 31.0 Å². The van der Waals surface area contributed by atoms with Crippen LogP contribution >= 0.6 is 22.9 Å². The molecule has 0 saturated carbocycles. The predicted molar refractivity (Wildman–Crippen MR) is 72.0 cm³/mol. The first kappa shape index (κ1) is 12.5. The quantitative estimate of drug-likeness (QED) is 0.840. The minimum Gasteiger partial charge on any atom is -0.392 e. The second kappa shape index (κ2) is 5.16. The molecule has 1 atom stereocenters. The Morgan fingerprint density at radius 1 is 1.53 bits per heavy atom. The van der Waals surface area contributed by atoms with E-state index in [1.165, 1.54) is 4.88 Å². The Bertz CT molecular complexity index is 527. The van der Waals surface area contributed by atoms with Gasteiger partial charge in [0.15, 0.2) is 0 Å². The standard InChI is InChI=1S/C11H14ClN3OS/c1-3-7-4-8-9(13-5-6(2)16)14-11(12)15-10(8)17-7/h4,6,16H,3,5H2,1-2H3,(H,13,14,15). The summed E-state index contributed by atoms with van der Waals surface area (Å²) >= 11 is 7.50. The lowest BCUT2D eigenvalue weighted by atomic mass is 10.3. The normalized spacial score (nSPS) is 12.9. The SMILES string of the molecule is CCc1cc2c(NCC(C)O)nc(Cl)nc2s1. The zero-order chi connectivity index (χ0) is 12.4. The molecule has 0 amide bonds. The zero-order valence-electron chi connectivity index (χ0n) is 9.70. The smallest absolute Gasteiger partial charge is 0.225 e. The van der Waals surface area contributed by atoms with Gasteiger partial charge in [-0.15, -0.1) is 11.3 Å². The Labute approximate surface area is 109 Å². The molecule has 0 fully saturated rings. The summed E-state index contributed by atoms with van der Waals surface area (Å²) in [6.07, 6.45) is 0.539. The van der Waals surface area contributed by atoms with Gasteiger partial charge in [-0.2, -0.15) is 0 Å². The molecular weight excluding hydrogens is 258 g/mol. The van der Waals surface area contributed by atoms with E-state index in [0.29, 0.717) is 12.4 Å². The van der Waals surface area contributed by atoms with Crippen molar-refractivity contribution in [2.45, 2.75) is 26.4 Å². The van der Waals surface area contributed by atoms with Crippen molar-refractivity contribution in [3.63, 3.8) is 0 Å². The molecule has 0 aromatic carbocycles.